The molecule has 0 aliphatic carbocycles. The van der Waals surface area contributed by atoms with Crippen molar-refractivity contribution in [2.24, 2.45) is 0 Å². The molecule has 3 rings (SSSR count). The van der Waals surface area contributed by atoms with Gasteiger partial charge in [-0.2, -0.15) is 0 Å². The summed E-state index contributed by atoms with van der Waals surface area (Å²) in [5.41, 5.74) is 3.66. The highest BCUT2D eigenvalue weighted by Gasteiger charge is 2.22. The second-order valence-electron chi connectivity index (χ2n) is 5.17. The molecule has 2 aromatic carbocycles. The molecule has 1 aliphatic rings. The monoisotopic (exact) mass is 288 g/mol. The zero-order valence-electron chi connectivity index (χ0n) is 11.4. The van der Waals surface area contributed by atoms with Crippen molar-refractivity contribution in [1.82, 2.24) is 0 Å². The highest BCUT2D eigenvalue weighted by Crippen LogP contribution is 2.38. The van der Waals surface area contributed by atoms with Gasteiger partial charge in [0, 0.05) is 16.1 Å². The van der Waals surface area contributed by atoms with E-state index < -0.39 is 6.10 Å². The number of aliphatic hydroxyl groups is 1. The first-order valence-corrected chi connectivity index (χ1v) is 7.24. The molecular weight excluding hydrogens is 272 g/mol. The summed E-state index contributed by atoms with van der Waals surface area (Å²) < 4.78 is 5.76. The van der Waals surface area contributed by atoms with Crippen molar-refractivity contribution in [2.45, 2.75) is 25.9 Å². The Hall–Kier alpha value is -1.51. The van der Waals surface area contributed by atoms with E-state index in [4.69, 9.17) is 16.3 Å². The largest absolute Gasteiger partial charge is 0.493 e. The number of fused-ring (bicyclic) bond motifs is 1. The van der Waals surface area contributed by atoms with Gasteiger partial charge in [0.15, 0.2) is 0 Å². The first-order valence-electron chi connectivity index (χ1n) is 6.86. The number of benzene rings is 2. The first-order chi connectivity index (χ1) is 9.68. The van der Waals surface area contributed by atoms with Crippen LogP contribution in [-0.4, -0.2) is 11.7 Å². The Kier molecular flexibility index (Phi) is 3.68. The lowest BCUT2D eigenvalue weighted by Crippen LogP contribution is -2.13. The second-order valence-corrected chi connectivity index (χ2v) is 5.55. The van der Waals surface area contributed by atoms with Gasteiger partial charge in [-0.1, -0.05) is 48.0 Å². The average molecular weight is 289 g/mol. The third-order valence-electron chi connectivity index (χ3n) is 3.77. The quantitative estimate of drug-likeness (QED) is 0.903. The zero-order chi connectivity index (χ0) is 14.1. The number of halogens is 1. The Morgan fingerprint density at radius 1 is 1.15 bits per heavy atom. The summed E-state index contributed by atoms with van der Waals surface area (Å²) in [7, 11) is 0. The molecule has 3 heteroatoms. The van der Waals surface area contributed by atoms with E-state index in [1.54, 1.807) is 0 Å². The number of hydrogen-bond acceptors (Lipinski definition) is 2. The van der Waals surface area contributed by atoms with E-state index in [0.29, 0.717) is 11.6 Å². The Balaban J connectivity index is 2.07. The summed E-state index contributed by atoms with van der Waals surface area (Å²) in [6, 6.07) is 11.7. The SMILES string of the molecule is Cc1cccc(C(O)c2cccc3c2OCCC3)c1Cl. The van der Waals surface area contributed by atoms with Crippen LogP contribution in [0.3, 0.4) is 0 Å². The van der Waals surface area contributed by atoms with Gasteiger partial charge in [0.25, 0.3) is 0 Å². The molecule has 1 unspecified atom stereocenters. The minimum Gasteiger partial charge on any atom is -0.493 e. The summed E-state index contributed by atoms with van der Waals surface area (Å²) in [6.07, 6.45) is 1.27. The van der Waals surface area contributed by atoms with Crippen molar-refractivity contribution in [3.05, 3.63) is 63.7 Å². The molecule has 104 valence electrons. The van der Waals surface area contributed by atoms with Crippen LogP contribution in [0.5, 0.6) is 5.75 Å². The number of aliphatic hydroxyl groups excluding tert-OH is 1. The molecule has 1 N–H and O–H groups in total. The minimum atomic E-state index is -0.754. The van der Waals surface area contributed by atoms with E-state index >= 15 is 0 Å². The van der Waals surface area contributed by atoms with Crippen LogP contribution in [0.15, 0.2) is 36.4 Å². The van der Waals surface area contributed by atoms with Crippen LogP contribution < -0.4 is 4.74 Å². The molecule has 1 aliphatic heterocycles. The van der Waals surface area contributed by atoms with Gasteiger partial charge in [-0.15, -0.1) is 0 Å². The van der Waals surface area contributed by atoms with E-state index in [2.05, 4.69) is 6.07 Å². The molecule has 2 nitrogen and oxygen atoms in total. The van der Waals surface area contributed by atoms with Gasteiger partial charge in [-0.05, 0) is 30.9 Å². The third kappa shape index (κ3) is 2.30. The Morgan fingerprint density at radius 2 is 1.90 bits per heavy atom. The molecule has 1 atom stereocenters. The van der Waals surface area contributed by atoms with Gasteiger partial charge in [-0.3, -0.25) is 0 Å². The van der Waals surface area contributed by atoms with E-state index in [1.807, 2.05) is 37.3 Å². The maximum atomic E-state index is 10.7. The van der Waals surface area contributed by atoms with E-state index in [1.165, 1.54) is 0 Å². The van der Waals surface area contributed by atoms with Crippen molar-refractivity contribution in [3.8, 4) is 5.75 Å². The van der Waals surface area contributed by atoms with Crippen LogP contribution in [0, 0.1) is 6.92 Å². The smallest absolute Gasteiger partial charge is 0.128 e. The molecule has 1 heterocycles. The van der Waals surface area contributed by atoms with E-state index in [-0.39, 0.29) is 0 Å². The van der Waals surface area contributed by atoms with Crippen LogP contribution in [0.1, 0.15) is 34.8 Å². The Labute approximate surface area is 124 Å². The van der Waals surface area contributed by atoms with Gasteiger partial charge in [0.05, 0.1) is 6.61 Å². The van der Waals surface area contributed by atoms with Crippen molar-refractivity contribution >= 4 is 11.6 Å². The van der Waals surface area contributed by atoms with Gasteiger partial charge in [0.2, 0.25) is 0 Å². The van der Waals surface area contributed by atoms with Crippen LogP contribution >= 0.6 is 11.6 Å². The molecule has 20 heavy (non-hydrogen) atoms. The van der Waals surface area contributed by atoms with Crippen molar-refractivity contribution in [3.63, 3.8) is 0 Å². The highest BCUT2D eigenvalue weighted by atomic mass is 35.5. The van der Waals surface area contributed by atoms with E-state index in [9.17, 15) is 5.11 Å². The molecular formula is C17H17ClO2. The van der Waals surface area contributed by atoms with Crippen LogP contribution in [0.4, 0.5) is 0 Å². The number of rotatable bonds is 2. The summed E-state index contributed by atoms with van der Waals surface area (Å²) >= 11 is 6.32. The number of hydrogen-bond donors (Lipinski definition) is 1. The van der Waals surface area contributed by atoms with Gasteiger partial charge in [0.1, 0.15) is 11.9 Å². The Bertz CT molecular complexity index is 637. The maximum absolute atomic E-state index is 10.7. The van der Waals surface area contributed by atoms with Crippen molar-refractivity contribution < 1.29 is 9.84 Å². The molecule has 0 saturated carbocycles. The Morgan fingerprint density at radius 3 is 2.75 bits per heavy atom. The second kappa shape index (κ2) is 5.47. The first kappa shape index (κ1) is 13.5. The fourth-order valence-corrected chi connectivity index (χ4v) is 2.91. The van der Waals surface area contributed by atoms with Crippen LogP contribution in [0.25, 0.3) is 0 Å². The lowest BCUT2D eigenvalue weighted by Gasteiger charge is -2.23. The minimum absolute atomic E-state index is 0.619. The lowest BCUT2D eigenvalue weighted by molar-refractivity contribution is 0.207. The molecule has 0 bridgehead atoms. The number of aryl methyl sites for hydroxylation is 2. The summed E-state index contributed by atoms with van der Waals surface area (Å²) in [5.74, 6) is 0.823. The summed E-state index contributed by atoms with van der Waals surface area (Å²) in [4.78, 5) is 0. The van der Waals surface area contributed by atoms with Gasteiger partial charge >= 0.3 is 0 Å². The predicted molar refractivity (Wildman–Crippen MR) is 80.5 cm³/mol. The van der Waals surface area contributed by atoms with Gasteiger partial charge in [-0.25, -0.2) is 0 Å². The average Bonchev–Trinajstić information content (AvgIpc) is 2.49. The highest BCUT2D eigenvalue weighted by molar-refractivity contribution is 6.32. The van der Waals surface area contributed by atoms with E-state index in [0.717, 1.165) is 40.8 Å². The zero-order valence-corrected chi connectivity index (χ0v) is 12.2. The molecule has 0 fully saturated rings. The molecule has 0 aromatic heterocycles. The lowest BCUT2D eigenvalue weighted by atomic mass is 9.95. The predicted octanol–water partition coefficient (Wildman–Crippen LogP) is 4.06. The summed E-state index contributed by atoms with van der Waals surface area (Å²) in [5, 5.41) is 11.3. The number of ether oxygens (including phenoxy) is 1. The normalized spacial score (nSPS) is 15.3. The topological polar surface area (TPSA) is 29.5 Å². The fraction of sp³-hybridized carbons (Fsp3) is 0.294. The van der Waals surface area contributed by atoms with Crippen LogP contribution in [0.2, 0.25) is 5.02 Å². The van der Waals surface area contributed by atoms with Crippen molar-refractivity contribution in [1.29, 1.82) is 0 Å². The fourth-order valence-electron chi connectivity index (χ4n) is 2.68. The molecule has 0 spiro atoms. The van der Waals surface area contributed by atoms with Crippen LogP contribution in [-0.2, 0) is 6.42 Å². The maximum Gasteiger partial charge on any atom is 0.128 e. The summed E-state index contributed by atoms with van der Waals surface area (Å²) in [6.45, 7) is 2.65. The number of para-hydroxylation sites is 1. The molecule has 0 amide bonds. The van der Waals surface area contributed by atoms with Crippen molar-refractivity contribution in [2.75, 3.05) is 6.61 Å². The molecule has 0 radical (unpaired) electrons. The third-order valence-corrected chi connectivity index (χ3v) is 4.29. The molecule has 2 aromatic rings. The van der Waals surface area contributed by atoms with Gasteiger partial charge < -0.3 is 9.84 Å². The standard InChI is InChI=1S/C17H17ClO2/c1-11-5-2-8-13(15(11)18)16(19)14-9-3-6-12-7-4-10-20-17(12)14/h2-3,5-6,8-9,16,19H,4,7,10H2,1H3. The molecule has 0 saturated heterocycles.